The van der Waals surface area contributed by atoms with E-state index < -0.39 is 5.97 Å². The van der Waals surface area contributed by atoms with E-state index in [2.05, 4.69) is 21.2 Å². The molecule has 0 saturated heterocycles. The molecule has 2 N–H and O–H groups in total. The van der Waals surface area contributed by atoms with Crippen LogP contribution in [0.3, 0.4) is 0 Å². The van der Waals surface area contributed by atoms with Crippen LogP contribution in [-0.4, -0.2) is 11.1 Å². The van der Waals surface area contributed by atoms with Crippen LogP contribution in [0, 0.1) is 13.8 Å². The summed E-state index contributed by atoms with van der Waals surface area (Å²) < 4.78 is 1.03. The zero-order chi connectivity index (χ0) is 14.0. The molecule has 0 radical (unpaired) electrons. The van der Waals surface area contributed by atoms with E-state index in [-0.39, 0.29) is 5.56 Å². The van der Waals surface area contributed by atoms with Gasteiger partial charge >= 0.3 is 5.97 Å². The molecule has 0 aliphatic carbocycles. The van der Waals surface area contributed by atoms with Gasteiger partial charge in [0.15, 0.2) is 0 Å². The molecule has 0 saturated carbocycles. The standard InChI is InChI=1S/C15H14BrNO2/c1-9-3-6-14(12(7-9)15(18)19)17-11-4-5-13(16)10(2)8-11/h3-8,17H,1-2H3,(H,18,19). The zero-order valence-electron chi connectivity index (χ0n) is 10.7. The van der Waals surface area contributed by atoms with Gasteiger partial charge in [-0.25, -0.2) is 4.79 Å². The van der Waals surface area contributed by atoms with Crippen molar-refractivity contribution < 1.29 is 9.90 Å². The van der Waals surface area contributed by atoms with Crippen LogP contribution in [0.15, 0.2) is 40.9 Å². The van der Waals surface area contributed by atoms with Gasteiger partial charge in [-0.3, -0.25) is 0 Å². The van der Waals surface area contributed by atoms with Gasteiger partial charge in [-0.1, -0.05) is 27.6 Å². The van der Waals surface area contributed by atoms with E-state index in [9.17, 15) is 9.90 Å². The minimum atomic E-state index is -0.931. The monoisotopic (exact) mass is 319 g/mol. The average Bonchev–Trinajstić information content (AvgIpc) is 2.36. The normalized spacial score (nSPS) is 10.3. The number of anilines is 2. The first-order chi connectivity index (χ1) is 8.97. The molecule has 0 bridgehead atoms. The predicted octanol–water partition coefficient (Wildman–Crippen LogP) is 4.51. The summed E-state index contributed by atoms with van der Waals surface area (Å²) in [5, 5.41) is 12.4. The Balaban J connectivity index is 2.37. The number of carboxylic acids is 1. The molecule has 0 fully saturated rings. The fraction of sp³-hybridized carbons (Fsp3) is 0.133. The second-order valence-corrected chi connectivity index (χ2v) is 5.30. The van der Waals surface area contributed by atoms with Crippen LogP contribution in [0.25, 0.3) is 0 Å². The molecule has 0 atom stereocenters. The maximum absolute atomic E-state index is 11.2. The van der Waals surface area contributed by atoms with Gasteiger partial charge in [0.25, 0.3) is 0 Å². The molecule has 19 heavy (non-hydrogen) atoms. The quantitative estimate of drug-likeness (QED) is 0.875. The molecule has 0 aliphatic rings. The van der Waals surface area contributed by atoms with Crippen molar-refractivity contribution in [2.75, 3.05) is 5.32 Å². The third-order valence-corrected chi connectivity index (χ3v) is 3.73. The topological polar surface area (TPSA) is 49.3 Å². The Morgan fingerprint density at radius 1 is 1.16 bits per heavy atom. The minimum absolute atomic E-state index is 0.278. The lowest BCUT2D eigenvalue weighted by molar-refractivity contribution is 0.0698. The molecule has 0 unspecified atom stereocenters. The van der Waals surface area contributed by atoms with Gasteiger partial charge < -0.3 is 10.4 Å². The Morgan fingerprint density at radius 3 is 2.53 bits per heavy atom. The number of benzene rings is 2. The number of hydrogen-bond acceptors (Lipinski definition) is 2. The number of hydrogen-bond donors (Lipinski definition) is 2. The maximum Gasteiger partial charge on any atom is 0.337 e. The number of carboxylic acid groups (broad SMARTS) is 1. The Labute approximate surface area is 120 Å². The molecule has 2 aromatic carbocycles. The fourth-order valence-corrected chi connectivity index (χ4v) is 2.07. The molecular weight excluding hydrogens is 306 g/mol. The van der Waals surface area contributed by atoms with Crippen molar-refractivity contribution in [3.8, 4) is 0 Å². The lowest BCUT2D eigenvalue weighted by atomic mass is 10.1. The van der Waals surface area contributed by atoms with Crippen molar-refractivity contribution in [1.82, 2.24) is 0 Å². The van der Waals surface area contributed by atoms with E-state index >= 15 is 0 Å². The van der Waals surface area contributed by atoms with Gasteiger partial charge in [0.1, 0.15) is 0 Å². The third-order valence-electron chi connectivity index (χ3n) is 2.84. The Hall–Kier alpha value is -1.81. The predicted molar refractivity (Wildman–Crippen MR) is 80.3 cm³/mol. The molecule has 98 valence electrons. The highest BCUT2D eigenvalue weighted by Crippen LogP contribution is 2.25. The fourth-order valence-electron chi connectivity index (χ4n) is 1.82. The highest BCUT2D eigenvalue weighted by atomic mass is 79.9. The van der Waals surface area contributed by atoms with E-state index in [1.807, 2.05) is 38.1 Å². The smallest absolute Gasteiger partial charge is 0.337 e. The molecule has 0 amide bonds. The SMILES string of the molecule is Cc1ccc(Nc2ccc(Br)c(C)c2)c(C(=O)O)c1. The summed E-state index contributed by atoms with van der Waals surface area (Å²) in [6, 6.07) is 11.2. The van der Waals surface area contributed by atoms with Crippen molar-refractivity contribution in [2.24, 2.45) is 0 Å². The second-order valence-electron chi connectivity index (χ2n) is 4.44. The number of aromatic carboxylic acids is 1. The molecule has 0 aliphatic heterocycles. The van der Waals surface area contributed by atoms with E-state index in [4.69, 9.17) is 0 Å². The molecule has 3 nitrogen and oxygen atoms in total. The summed E-state index contributed by atoms with van der Waals surface area (Å²) in [7, 11) is 0. The van der Waals surface area contributed by atoms with Crippen LogP contribution in [0.2, 0.25) is 0 Å². The number of aryl methyl sites for hydroxylation is 2. The largest absolute Gasteiger partial charge is 0.478 e. The van der Waals surface area contributed by atoms with Gasteiger partial charge in [0.05, 0.1) is 11.3 Å². The van der Waals surface area contributed by atoms with Crippen molar-refractivity contribution >= 4 is 33.3 Å². The van der Waals surface area contributed by atoms with E-state index in [1.54, 1.807) is 12.1 Å². The van der Waals surface area contributed by atoms with E-state index in [1.165, 1.54) is 0 Å². The number of carbonyl (C=O) groups is 1. The van der Waals surface area contributed by atoms with Crippen LogP contribution in [0.1, 0.15) is 21.5 Å². The van der Waals surface area contributed by atoms with Gasteiger partial charge in [-0.05, 0) is 49.7 Å². The summed E-state index contributed by atoms with van der Waals surface area (Å²) in [5.41, 5.74) is 3.76. The molecule has 0 spiro atoms. The van der Waals surface area contributed by atoms with Crippen molar-refractivity contribution in [3.05, 3.63) is 57.6 Å². The zero-order valence-corrected chi connectivity index (χ0v) is 12.3. The van der Waals surface area contributed by atoms with Crippen LogP contribution in [0.5, 0.6) is 0 Å². The highest BCUT2D eigenvalue weighted by molar-refractivity contribution is 9.10. The van der Waals surface area contributed by atoms with Crippen molar-refractivity contribution in [2.45, 2.75) is 13.8 Å². The van der Waals surface area contributed by atoms with Gasteiger partial charge in [-0.2, -0.15) is 0 Å². The Morgan fingerprint density at radius 2 is 1.89 bits per heavy atom. The van der Waals surface area contributed by atoms with Crippen LogP contribution >= 0.6 is 15.9 Å². The third kappa shape index (κ3) is 3.15. The summed E-state index contributed by atoms with van der Waals surface area (Å²) in [5.74, 6) is -0.931. The van der Waals surface area contributed by atoms with E-state index in [0.717, 1.165) is 21.3 Å². The number of halogens is 1. The summed E-state index contributed by atoms with van der Waals surface area (Å²) >= 11 is 3.44. The second kappa shape index (κ2) is 5.45. The average molecular weight is 320 g/mol. The van der Waals surface area contributed by atoms with Crippen molar-refractivity contribution in [3.63, 3.8) is 0 Å². The Bertz CT molecular complexity index is 638. The molecule has 0 heterocycles. The van der Waals surface area contributed by atoms with Crippen molar-refractivity contribution in [1.29, 1.82) is 0 Å². The van der Waals surface area contributed by atoms with Gasteiger partial charge in [0, 0.05) is 10.2 Å². The van der Waals surface area contributed by atoms with Gasteiger partial charge in [0.2, 0.25) is 0 Å². The summed E-state index contributed by atoms with van der Waals surface area (Å²) in [6.07, 6.45) is 0. The Kier molecular flexibility index (Phi) is 3.90. The van der Waals surface area contributed by atoms with Gasteiger partial charge in [-0.15, -0.1) is 0 Å². The van der Waals surface area contributed by atoms with E-state index in [0.29, 0.717) is 5.69 Å². The molecule has 0 aromatic heterocycles. The molecule has 4 heteroatoms. The highest BCUT2D eigenvalue weighted by Gasteiger charge is 2.10. The van der Waals surface area contributed by atoms with Crippen LogP contribution in [-0.2, 0) is 0 Å². The lowest BCUT2D eigenvalue weighted by Crippen LogP contribution is -2.03. The number of rotatable bonds is 3. The molecule has 2 aromatic rings. The lowest BCUT2D eigenvalue weighted by Gasteiger charge is -2.11. The molecule has 2 rings (SSSR count). The summed E-state index contributed by atoms with van der Waals surface area (Å²) in [6.45, 7) is 3.86. The maximum atomic E-state index is 11.2. The first-order valence-electron chi connectivity index (χ1n) is 5.84. The minimum Gasteiger partial charge on any atom is -0.478 e. The summed E-state index contributed by atoms with van der Waals surface area (Å²) in [4.78, 5) is 11.2. The molecular formula is C15H14BrNO2. The number of nitrogens with one attached hydrogen (secondary N) is 1. The van der Waals surface area contributed by atoms with Crippen LogP contribution in [0.4, 0.5) is 11.4 Å². The van der Waals surface area contributed by atoms with Crippen LogP contribution < -0.4 is 5.32 Å². The first kappa shape index (κ1) is 13.6. The first-order valence-corrected chi connectivity index (χ1v) is 6.64.